The standard InChI is InChI=1S/C35H35N3O5S.ClH/c1-22(2)34(39)36-26-11-14-28(38-15-17-42-18-16-38)25(19-26)21-43-27-12-9-24(10-13-27)32-31(23-7-5-4-6-8-23)33-29(37(32)3)20-30(44-33)35(40)41;/h4-14,19-20,22H,15-18,21H2,1-3H3,(H,36,39)(H,40,41);1H. The molecule has 5 aromatic rings. The molecule has 0 atom stereocenters. The first kappa shape index (κ1) is 32.1. The van der Waals surface area contributed by atoms with Gasteiger partial charge in [-0.1, -0.05) is 44.2 Å². The Morgan fingerprint density at radius 3 is 2.36 bits per heavy atom. The number of amides is 1. The van der Waals surface area contributed by atoms with Crippen LogP contribution in [0.2, 0.25) is 0 Å². The van der Waals surface area contributed by atoms with Gasteiger partial charge in [-0.2, -0.15) is 0 Å². The minimum atomic E-state index is -0.919. The molecule has 6 rings (SSSR count). The number of carbonyl (C=O) groups is 2. The zero-order valence-corrected chi connectivity index (χ0v) is 27.0. The van der Waals surface area contributed by atoms with Crippen molar-refractivity contribution >= 4 is 57.2 Å². The van der Waals surface area contributed by atoms with Crippen LogP contribution < -0.4 is 15.0 Å². The van der Waals surface area contributed by atoms with Gasteiger partial charge < -0.3 is 29.4 Å². The Kier molecular flexibility index (Phi) is 9.82. The minimum absolute atomic E-state index is 0. The summed E-state index contributed by atoms with van der Waals surface area (Å²) in [6.45, 7) is 7.03. The number of morpholine rings is 1. The maximum absolute atomic E-state index is 12.4. The fraction of sp³-hybridized carbons (Fsp3) is 0.257. The molecule has 10 heteroatoms. The molecule has 3 heterocycles. The van der Waals surface area contributed by atoms with Crippen molar-refractivity contribution in [1.82, 2.24) is 4.57 Å². The highest BCUT2D eigenvalue weighted by Crippen LogP contribution is 2.44. The number of aryl methyl sites for hydroxylation is 1. The van der Waals surface area contributed by atoms with Crippen molar-refractivity contribution in [2.45, 2.75) is 20.5 Å². The molecule has 0 unspecified atom stereocenters. The molecule has 0 bridgehead atoms. The van der Waals surface area contributed by atoms with Crippen molar-refractivity contribution in [3.63, 3.8) is 0 Å². The van der Waals surface area contributed by atoms with Crippen LogP contribution in [-0.4, -0.2) is 47.9 Å². The number of thiophene rings is 1. The second-order valence-corrected chi connectivity index (χ2v) is 12.2. The molecule has 1 fully saturated rings. The molecular formula is C35H36ClN3O5S. The van der Waals surface area contributed by atoms with Gasteiger partial charge in [-0.25, -0.2) is 4.79 Å². The number of halogens is 1. The van der Waals surface area contributed by atoms with Crippen LogP contribution in [0.4, 0.5) is 11.4 Å². The number of carboxylic acid groups (broad SMARTS) is 1. The third kappa shape index (κ3) is 6.71. The van der Waals surface area contributed by atoms with Crippen LogP contribution >= 0.6 is 23.7 Å². The minimum Gasteiger partial charge on any atom is -0.489 e. The van der Waals surface area contributed by atoms with Crippen LogP contribution in [0.5, 0.6) is 5.75 Å². The van der Waals surface area contributed by atoms with Crippen LogP contribution in [0, 0.1) is 5.92 Å². The summed E-state index contributed by atoms with van der Waals surface area (Å²) in [5.74, 6) is -0.337. The first-order valence-electron chi connectivity index (χ1n) is 14.7. The number of nitrogens with zero attached hydrogens (tertiary/aromatic N) is 2. The Hall–Kier alpha value is -4.31. The summed E-state index contributed by atoms with van der Waals surface area (Å²) in [6, 6.07) is 25.8. The van der Waals surface area contributed by atoms with Crippen molar-refractivity contribution in [1.29, 1.82) is 0 Å². The summed E-state index contributed by atoms with van der Waals surface area (Å²) in [6.07, 6.45) is 0. The molecule has 45 heavy (non-hydrogen) atoms. The second-order valence-electron chi connectivity index (χ2n) is 11.2. The Balaban J connectivity index is 0.00000400. The predicted octanol–water partition coefficient (Wildman–Crippen LogP) is 7.70. The zero-order chi connectivity index (χ0) is 30.8. The van der Waals surface area contributed by atoms with E-state index < -0.39 is 5.97 Å². The molecule has 2 N–H and O–H groups in total. The molecule has 0 saturated carbocycles. The Labute approximate surface area is 272 Å². The smallest absolute Gasteiger partial charge is 0.345 e. The predicted molar refractivity (Wildman–Crippen MR) is 183 cm³/mol. The van der Waals surface area contributed by atoms with Crippen LogP contribution in [-0.2, 0) is 23.2 Å². The maximum atomic E-state index is 12.4. The van der Waals surface area contributed by atoms with Gasteiger partial charge in [0.1, 0.15) is 17.2 Å². The topological polar surface area (TPSA) is 93.0 Å². The number of rotatable bonds is 9. The Morgan fingerprint density at radius 2 is 1.69 bits per heavy atom. The average Bonchev–Trinajstić information content (AvgIpc) is 3.59. The highest BCUT2D eigenvalue weighted by atomic mass is 35.5. The van der Waals surface area contributed by atoms with Gasteiger partial charge in [0.05, 0.1) is 29.1 Å². The van der Waals surface area contributed by atoms with Gasteiger partial charge >= 0.3 is 5.97 Å². The Bertz CT molecular complexity index is 1810. The van der Waals surface area contributed by atoms with Crippen molar-refractivity contribution in [3.8, 4) is 28.1 Å². The number of carboxylic acids is 1. The quantitative estimate of drug-likeness (QED) is 0.171. The number of anilines is 2. The number of fused-ring (bicyclic) bond motifs is 1. The number of benzene rings is 3. The maximum Gasteiger partial charge on any atom is 0.345 e. The van der Waals surface area contributed by atoms with E-state index in [1.54, 1.807) is 6.07 Å². The molecule has 234 valence electrons. The van der Waals surface area contributed by atoms with Crippen molar-refractivity contribution < 1.29 is 24.2 Å². The lowest BCUT2D eigenvalue weighted by Crippen LogP contribution is -2.36. The zero-order valence-electron chi connectivity index (χ0n) is 25.4. The number of nitrogens with one attached hydrogen (secondary N) is 1. The van der Waals surface area contributed by atoms with E-state index in [4.69, 9.17) is 9.47 Å². The molecular weight excluding hydrogens is 610 g/mol. The van der Waals surface area contributed by atoms with Crippen LogP contribution in [0.25, 0.3) is 32.6 Å². The lowest BCUT2D eigenvalue weighted by atomic mass is 10.0. The average molecular weight is 646 g/mol. The number of aromatic nitrogens is 1. The molecule has 1 aliphatic rings. The summed E-state index contributed by atoms with van der Waals surface area (Å²) in [5, 5.41) is 12.6. The highest BCUT2D eigenvalue weighted by molar-refractivity contribution is 7.21. The summed E-state index contributed by atoms with van der Waals surface area (Å²) in [4.78, 5) is 26.7. The molecule has 1 aliphatic heterocycles. The van der Waals surface area contributed by atoms with E-state index >= 15 is 0 Å². The number of aromatic carboxylic acids is 1. The molecule has 3 aromatic carbocycles. The third-order valence-electron chi connectivity index (χ3n) is 7.89. The van der Waals surface area contributed by atoms with E-state index in [0.29, 0.717) is 24.7 Å². The van der Waals surface area contributed by atoms with E-state index in [1.165, 1.54) is 11.3 Å². The van der Waals surface area contributed by atoms with E-state index in [9.17, 15) is 14.7 Å². The summed E-state index contributed by atoms with van der Waals surface area (Å²) in [5.41, 5.74) is 7.78. The molecule has 1 saturated heterocycles. The first-order valence-corrected chi connectivity index (χ1v) is 15.5. The van der Waals surface area contributed by atoms with E-state index in [1.807, 2.05) is 81.6 Å². The molecule has 8 nitrogen and oxygen atoms in total. The van der Waals surface area contributed by atoms with Gasteiger partial charge in [-0.15, -0.1) is 23.7 Å². The monoisotopic (exact) mass is 645 g/mol. The van der Waals surface area contributed by atoms with Crippen LogP contribution in [0.1, 0.15) is 29.1 Å². The SMILES string of the molecule is CC(C)C(=O)Nc1ccc(N2CCOCC2)c(COc2ccc(-c3c(-c4ccccc4)c4sc(C(=O)O)cc4n3C)cc2)c1.Cl. The number of carbonyl (C=O) groups excluding carboxylic acids is 1. The fourth-order valence-corrected chi connectivity index (χ4v) is 6.66. The first-order chi connectivity index (χ1) is 21.3. The number of hydrogen-bond donors (Lipinski definition) is 2. The second kappa shape index (κ2) is 13.8. The largest absolute Gasteiger partial charge is 0.489 e. The summed E-state index contributed by atoms with van der Waals surface area (Å²) >= 11 is 1.30. The highest BCUT2D eigenvalue weighted by Gasteiger charge is 2.23. The van der Waals surface area contributed by atoms with E-state index in [2.05, 4.69) is 26.9 Å². The van der Waals surface area contributed by atoms with Crippen molar-refractivity contribution in [2.75, 3.05) is 36.5 Å². The van der Waals surface area contributed by atoms with Crippen LogP contribution in [0.3, 0.4) is 0 Å². The molecule has 0 aliphatic carbocycles. The van der Waals surface area contributed by atoms with Gasteiger partial charge in [0.25, 0.3) is 0 Å². The Morgan fingerprint density at radius 1 is 0.978 bits per heavy atom. The van der Waals surface area contributed by atoms with Crippen molar-refractivity contribution in [3.05, 3.63) is 89.3 Å². The molecule has 0 radical (unpaired) electrons. The van der Waals surface area contributed by atoms with Gasteiger partial charge in [0.15, 0.2) is 0 Å². The van der Waals surface area contributed by atoms with Gasteiger partial charge in [-0.05, 0) is 59.7 Å². The normalized spacial score (nSPS) is 13.1. The molecule has 2 aromatic heterocycles. The number of ether oxygens (including phenoxy) is 2. The summed E-state index contributed by atoms with van der Waals surface area (Å²) in [7, 11) is 1.98. The lowest BCUT2D eigenvalue weighted by Gasteiger charge is -2.31. The van der Waals surface area contributed by atoms with E-state index in [0.717, 1.165) is 68.4 Å². The van der Waals surface area contributed by atoms with Gasteiger partial charge in [0.2, 0.25) is 5.91 Å². The fourth-order valence-electron chi connectivity index (χ4n) is 5.57. The third-order valence-corrected chi connectivity index (χ3v) is 9.02. The summed E-state index contributed by atoms with van der Waals surface area (Å²) < 4.78 is 14.9. The molecule has 0 spiro atoms. The lowest BCUT2D eigenvalue weighted by molar-refractivity contribution is -0.118. The van der Waals surface area contributed by atoms with Crippen molar-refractivity contribution in [2.24, 2.45) is 13.0 Å². The molecule has 1 amide bonds. The van der Waals surface area contributed by atoms with Gasteiger partial charge in [-0.3, -0.25) is 4.79 Å². The van der Waals surface area contributed by atoms with Gasteiger partial charge in [0, 0.05) is 48.6 Å². The number of hydrogen-bond acceptors (Lipinski definition) is 6. The van der Waals surface area contributed by atoms with Crippen LogP contribution in [0.15, 0.2) is 78.9 Å². The van der Waals surface area contributed by atoms with E-state index in [-0.39, 0.29) is 24.2 Å².